The molecule has 1 saturated carbocycles. The molecule has 0 amide bonds. The summed E-state index contributed by atoms with van der Waals surface area (Å²) in [6.45, 7) is 12.2. The van der Waals surface area contributed by atoms with Gasteiger partial charge in [-0.1, -0.05) is 0 Å². The monoisotopic (exact) mass is 323 g/mol. The van der Waals surface area contributed by atoms with E-state index in [-0.39, 0.29) is 0 Å². The van der Waals surface area contributed by atoms with Gasteiger partial charge < -0.3 is 10.6 Å². The second-order valence-electron chi connectivity index (χ2n) is 6.05. The average molecular weight is 324 g/mol. The molecule has 1 heterocycles. The lowest BCUT2D eigenvalue weighted by Crippen LogP contribution is -2.43. The highest BCUT2D eigenvalue weighted by Crippen LogP contribution is 2.27. The number of hydrogen-bond acceptors (Lipinski definition) is 4. The van der Waals surface area contributed by atoms with Gasteiger partial charge >= 0.3 is 0 Å². The van der Waals surface area contributed by atoms with E-state index < -0.39 is 0 Å². The highest BCUT2D eigenvalue weighted by Gasteiger charge is 2.30. The van der Waals surface area contributed by atoms with Crippen LogP contribution < -0.4 is 10.6 Å². The fourth-order valence-corrected chi connectivity index (χ4v) is 3.25. The highest BCUT2D eigenvalue weighted by atomic mass is 32.1. The van der Waals surface area contributed by atoms with Gasteiger partial charge in [-0.25, -0.2) is 9.98 Å². The van der Waals surface area contributed by atoms with Crippen molar-refractivity contribution in [1.29, 1.82) is 0 Å². The number of hydrogen-bond donors (Lipinski definition) is 2. The van der Waals surface area contributed by atoms with Crippen molar-refractivity contribution in [1.82, 2.24) is 20.5 Å². The third-order valence-corrected chi connectivity index (χ3v) is 4.62. The van der Waals surface area contributed by atoms with Crippen LogP contribution in [-0.4, -0.2) is 47.6 Å². The Bertz CT molecular complexity index is 477. The lowest BCUT2D eigenvalue weighted by Gasteiger charge is -2.26. The Morgan fingerprint density at radius 3 is 2.77 bits per heavy atom. The third-order valence-electron chi connectivity index (χ3n) is 3.73. The number of nitrogens with one attached hydrogen (secondary N) is 2. The Hall–Kier alpha value is -1.14. The predicted octanol–water partition coefficient (Wildman–Crippen LogP) is 2.38. The molecular formula is C16H29N5S. The summed E-state index contributed by atoms with van der Waals surface area (Å²) < 4.78 is 0. The zero-order chi connectivity index (χ0) is 15.9. The Morgan fingerprint density at radius 1 is 1.45 bits per heavy atom. The van der Waals surface area contributed by atoms with Gasteiger partial charge in [0.25, 0.3) is 0 Å². The minimum Gasteiger partial charge on any atom is -0.357 e. The van der Waals surface area contributed by atoms with Crippen LogP contribution in [0.25, 0.3) is 0 Å². The largest absolute Gasteiger partial charge is 0.357 e. The van der Waals surface area contributed by atoms with E-state index in [4.69, 9.17) is 0 Å². The maximum absolute atomic E-state index is 4.62. The van der Waals surface area contributed by atoms with E-state index in [1.165, 1.54) is 17.7 Å². The van der Waals surface area contributed by atoms with Crippen LogP contribution in [0.2, 0.25) is 0 Å². The molecule has 0 radical (unpaired) electrons. The Kier molecular flexibility index (Phi) is 6.64. The van der Waals surface area contributed by atoms with Crippen molar-refractivity contribution in [2.24, 2.45) is 4.99 Å². The molecule has 2 N–H and O–H groups in total. The van der Waals surface area contributed by atoms with E-state index in [0.717, 1.165) is 36.6 Å². The number of nitrogens with zero attached hydrogens (tertiary/aromatic N) is 3. The summed E-state index contributed by atoms with van der Waals surface area (Å²) >= 11 is 1.71. The molecule has 0 bridgehead atoms. The molecule has 1 fully saturated rings. The van der Waals surface area contributed by atoms with Gasteiger partial charge in [-0.15, -0.1) is 11.3 Å². The van der Waals surface area contributed by atoms with Crippen molar-refractivity contribution in [3.8, 4) is 0 Å². The van der Waals surface area contributed by atoms with Crippen molar-refractivity contribution in [3.63, 3.8) is 0 Å². The Morgan fingerprint density at radius 2 is 2.23 bits per heavy atom. The van der Waals surface area contributed by atoms with Gasteiger partial charge in [0.15, 0.2) is 5.96 Å². The van der Waals surface area contributed by atoms with E-state index in [9.17, 15) is 0 Å². The van der Waals surface area contributed by atoms with Crippen LogP contribution in [0.15, 0.2) is 11.2 Å². The van der Waals surface area contributed by atoms with Gasteiger partial charge in [-0.2, -0.15) is 0 Å². The summed E-state index contributed by atoms with van der Waals surface area (Å²) in [6.07, 6.45) is 4.62. The maximum Gasteiger partial charge on any atom is 0.191 e. The molecule has 1 aromatic rings. The number of rotatable bonds is 8. The molecule has 2 rings (SSSR count). The van der Waals surface area contributed by atoms with Crippen LogP contribution >= 0.6 is 11.3 Å². The molecule has 1 aliphatic carbocycles. The normalized spacial score (nSPS) is 15.6. The summed E-state index contributed by atoms with van der Waals surface area (Å²) in [5.74, 6) is 0.884. The van der Waals surface area contributed by atoms with Crippen molar-refractivity contribution in [2.45, 2.75) is 59.2 Å². The Labute approximate surface area is 138 Å². The maximum atomic E-state index is 4.62. The molecule has 124 valence electrons. The summed E-state index contributed by atoms with van der Waals surface area (Å²) in [6, 6.07) is 1.42. The van der Waals surface area contributed by atoms with E-state index in [2.05, 4.69) is 53.2 Å². The topological polar surface area (TPSA) is 52.6 Å². The first-order chi connectivity index (χ1) is 10.6. The molecule has 0 aliphatic heterocycles. The number of guanidine groups is 1. The molecule has 5 nitrogen and oxygen atoms in total. The zero-order valence-electron chi connectivity index (χ0n) is 14.2. The first-order valence-electron chi connectivity index (χ1n) is 8.29. The van der Waals surface area contributed by atoms with Crippen LogP contribution in [0, 0.1) is 6.92 Å². The molecule has 6 heteroatoms. The summed E-state index contributed by atoms with van der Waals surface area (Å²) in [5, 5.41) is 7.81. The van der Waals surface area contributed by atoms with Crippen molar-refractivity contribution < 1.29 is 0 Å². The second-order valence-corrected chi connectivity index (χ2v) is 7.37. The van der Waals surface area contributed by atoms with Gasteiger partial charge in [0.2, 0.25) is 0 Å². The SMILES string of the molecule is CCNC(=NCc1ncc(C)s1)NCCN(C(C)C)C1CC1. The Balaban J connectivity index is 1.80. The number of aliphatic imine (C=N–C) groups is 1. The summed E-state index contributed by atoms with van der Waals surface area (Å²) in [4.78, 5) is 12.8. The summed E-state index contributed by atoms with van der Waals surface area (Å²) in [5.41, 5.74) is 0. The number of thiazole rings is 1. The zero-order valence-corrected chi connectivity index (χ0v) is 15.0. The molecule has 0 saturated heterocycles. The van der Waals surface area contributed by atoms with Gasteiger partial charge in [-0.05, 0) is 40.5 Å². The molecule has 1 aliphatic rings. The molecule has 0 aromatic carbocycles. The number of aryl methyl sites for hydroxylation is 1. The molecular weight excluding hydrogens is 294 g/mol. The van der Waals surface area contributed by atoms with Crippen LogP contribution in [0.3, 0.4) is 0 Å². The van der Waals surface area contributed by atoms with Crippen LogP contribution in [0.5, 0.6) is 0 Å². The molecule has 0 unspecified atom stereocenters. The quantitative estimate of drug-likeness (QED) is 0.570. The second kappa shape index (κ2) is 8.48. The van der Waals surface area contributed by atoms with Crippen LogP contribution in [0.4, 0.5) is 0 Å². The van der Waals surface area contributed by atoms with Gasteiger partial charge in [0, 0.05) is 42.8 Å². The first kappa shape index (κ1) is 17.2. The first-order valence-corrected chi connectivity index (χ1v) is 9.11. The van der Waals surface area contributed by atoms with Crippen molar-refractivity contribution >= 4 is 17.3 Å². The molecule has 0 spiro atoms. The van der Waals surface area contributed by atoms with Crippen molar-refractivity contribution in [3.05, 3.63) is 16.1 Å². The van der Waals surface area contributed by atoms with E-state index in [0.29, 0.717) is 12.6 Å². The molecule has 0 atom stereocenters. The minimum atomic E-state index is 0.618. The fourth-order valence-electron chi connectivity index (χ4n) is 2.53. The minimum absolute atomic E-state index is 0.618. The lowest BCUT2D eigenvalue weighted by molar-refractivity contribution is 0.215. The van der Waals surface area contributed by atoms with Crippen LogP contribution in [-0.2, 0) is 6.54 Å². The highest BCUT2D eigenvalue weighted by molar-refractivity contribution is 7.11. The molecule has 22 heavy (non-hydrogen) atoms. The van der Waals surface area contributed by atoms with Gasteiger partial charge in [0.1, 0.15) is 5.01 Å². The predicted molar refractivity (Wildman–Crippen MR) is 94.5 cm³/mol. The van der Waals surface area contributed by atoms with Crippen LogP contribution in [0.1, 0.15) is 43.5 Å². The third kappa shape index (κ3) is 5.57. The number of aromatic nitrogens is 1. The summed E-state index contributed by atoms with van der Waals surface area (Å²) in [7, 11) is 0. The van der Waals surface area contributed by atoms with E-state index >= 15 is 0 Å². The lowest BCUT2D eigenvalue weighted by atomic mass is 10.3. The fraction of sp³-hybridized carbons (Fsp3) is 0.750. The standard InChI is InChI=1S/C16H29N5S/c1-5-17-16(20-11-15-19-10-13(4)22-15)18-8-9-21(12(2)3)14-6-7-14/h10,12,14H,5-9,11H2,1-4H3,(H2,17,18,20). The molecule has 1 aromatic heterocycles. The van der Waals surface area contributed by atoms with Gasteiger partial charge in [-0.3, -0.25) is 4.90 Å². The van der Waals surface area contributed by atoms with Crippen molar-refractivity contribution in [2.75, 3.05) is 19.6 Å². The smallest absolute Gasteiger partial charge is 0.191 e. The average Bonchev–Trinajstić information content (AvgIpc) is 3.22. The van der Waals surface area contributed by atoms with Gasteiger partial charge in [0.05, 0.1) is 6.54 Å². The van der Waals surface area contributed by atoms with E-state index in [1.807, 2.05) is 6.20 Å². The van der Waals surface area contributed by atoms with E-state index in [1.54, 1.807) is 11.3 Å².